The molecule has 0 radical (unpaired) electrons. The van der Waals surface area contributed by atoms with E-state index >= 15 is 0 Å². The number of hydrogen-bond donors (Lipinski definition) is 0. The van der Waals surface area contributed by atoms with Gasteiger partial charge < -0.3 is 4.57 Å². The third kappa shape index (κ3) is 2.22. The van der Waals surface area contributed by atoms with Crippen LogP contribution in [-0.4, -0.2) is 7.35 Å². The number of hydrogen-bond acceptors (Lipinski definition) is 0. The molecule has 5 aromatic carbocycles. The van der Waals surface area contributed by atoms with Crippen molar-refractivity contribution in [2.75, 3.05) is 0 Å². The molecule has 0 saturated heterocycles. The van der Waals surface area contributed by atoms with E-state index in [-0.39, 0.29) is 0 Å². The van der Waals surface area contributed by atoms with E-state index in [9.17, 15) is 0 Å². The molecular formula is C28H17IN2. The third-order valence-electron chi connectivity index (χ3n) is 6.40. The van der Waals surface area contributed by atoms with Gasteiger partial charge in [-0.1, -0.05) is 78.9 Å². The molecule has 2 aromatic heterocycles. The van der Waals surface area contributed by atoms with Gasteiger partial charge in [-0.3, -0.25) is 2.78 Å². The van der Waals surface area contributed by atoms with Gasteiger partial charge in [0.2, 0.25) is 0 Å². The molecule has 7 aromatic rings. The molecule has 146 valence electrons. The van der Waals surface area contributed by atoms with Gasteiger partial charge in [0.15, 0.2) is 0 Å². The van der Waals surface area contributed by atoms with Crippen molar-refractivity contribution in [1.82, 2.24) is 7.35 Å². The van der Waals surface area contributed by atoms with E-state index in [2.05, 4.69) is 133 Å². The van der Waals surface area contributed by atoms with Gasteiger partial charge in [0.05, 0.1) is 44.9 Å². The summed E-state index contributed by atoms with van der Waals surface area (Å²) in [6, 6.07) is 37.1. The number of aromatic nitrogens is 2. The number of rotatable bonds is 1. The van der Waals surface area contributed by atoms with Crippen LogP contribution < -0.4 is 0 Å². The summed E-state index contributed by atoms with van der Waals surface area (Å²) in [4.78, 5) is 0. The van der Waals surface area contributed by atoms with E-state index in [4.69, 9.17) is 0 Å². The van der Waals surface area contributed by atoms with Gasteiger partial charge in [-0.15, -0.1) is 0 Å². The number of fused-ring (bicyclic) bond motifs is 10. The van der Waals surface area contributed by atoms with Crippen molar-refractivity contribution in [2.45, 2.75) is 0 Å². The number of para-hydroxylation sites is 3. The lowest BCUT2D eigenvalue weighted by Crippen LogP contribution is -1.95. The predicted molar refractivity (Wildman–Crippen MR) is 141 cm³/mol. The fourth-order valence-corrected chi connectivity index (χ4v) is 6.08. The average Bonchev–Trinajstić information content (AvgIpc) is 3.33. The average molecular weight is 508 g/mol. The lowest BCUT2D eigenvalue weighted by atomic mass is 9.99. The molecule has 0 aliphatic carbocycles. The first kappa shape index (κ1) is 17.4. The Kier molecular flexibility index (Phi) is 3.56. The van der Waals surface area contributed by atoms with Crippen molar-refractivity contribution in [2.24, 2.45) is 0 Å². The van der Waals surface area contributed by atoms with Crippen molar-refractivity contribution < 1.29 is 0 Å². The second kappa shape index (κ2) is 6.34. The monoisotopic (exact) mass is 508 g/mol. The Morgan fingerprint density at radius 3 is 1.61 bits per heavy atom. The summed E-state index contributed by atoms with van der Waals surface area (Å²) in [7, 11) is 0. The lowest BCUT2D eigenvalue weighted by molar-refractivity contribution is 1.18. The van der Waals surface area contributed by atoms with Crippen LogP contribution in [0.4, 0.5) is 0 Å². The smallest absolute Gasteiger partial charge is 0.0843 e. The van der Waals surface area contributed by atoms with Crippen LogP contribution in [-0.2, 0) is 0 Å². The molecule has 0 N–H and O–H groups in total. The zero-order valence-corrected chi connectivity index (χ0v) is 18.7. The molecule has 7 rings (SSSR count). The van der Waals surface area contributed by atoms with E-state index in [0.29, 0.717) is 0 Å². The molecule has 3 heteroatoms. The Morgan fingerprint density at radius 2 is 0.935 bits per heavy atom. The standard InChI is InChI=1S/C28H17IN2/c29-31-24-17-9-7-15-22(24)26-20-13-5-4-12-19(20)25-21-14-6-8-16-23(21)30(27(25)28(26)31)18-10-2-1-3-11-18/h1-17H. The minimum absolute atomic E-state index is 1.19. The van der Waals surface area contributed by atoms with Crippen LogP contribution in [0.1, 0.15) is 0 Å². The second-order valence-electron chi connectivity index (χ2n) is 7.98. The van der Waals surface area contributed by atoms with Gasteiger partial charge in [0, 0.05) is 27.2 Å². The molecule has 0 aliphatic heterocycles. The molecule has 0 amide bonds. The van der Waals surface area contributed by atoms with Crippen LogP contribution in [0.15, 0.2) is 103 Å². The van der Waals surface area contributed by atoms with Crippen molar-refractivity contribution >= 4 is 77.2 Å². The Morgan fingerprint density at radius 1 is 0.452 bits per heavy atom. The van der Waals surface area contributed by atoms with Gasteiger partial charge in [0.25, 0.3) is 0 Å². The summed E-state index contributed by atoms with van der Waals surface area (Å²) in [5, 5.41) is 7.86. The molecule has 0 atom stereocenters. The van der Waals surface area contributed by atoms with Crippen LogP contribution in [0.5, 0.6) is 0 Å². The first-order valence-electron chi connectivity index (χ1n) is 10.4. The zero-order valence-electron chi connectivity index (χ0n) is 16.6. The predicted octanol–water partition coefficient (Wildman–Crippen LogP) is 8.24. The maximum Gasteiger partial charge on any atom is 0.0843 e. The maximum atomic E-state index is 2.48. The van der Waals surface area contributed by atoms with Crippen LogP contribution in [0.3, 0.4) is 0 Å². The Balaban J connectivity index is 1.92. The minimum atomic E-state index is 1.19. The highest BCUT2D eigenvalue weighted by Gasteiger charge is 2.22. The molecular weight excluding hydrogens is 491 g/mol. The molecule has 0 fully saturated rings. The van der Waals surface area contributed by atoms with Gasteiger partial charge in [0.1, 0.15) is 0 Å². The third-order valence-corrected chi connectivity index (χ3v) is 7.40. The molecule has 0 saturated carbocycles. The summed E-state index contributed by atoms with van der Waals surface area (Å²) < 4.78 is 4.78. The summed E-state index contributed by atoms with van der Waals surface area (Å²) in [5.74, 6) is 0. The van der Waals surface area contributed by atoms with Gasteiger partial charge in [-0.05, 0) is 35.0 Å². The van der Waals surface area contributed by atoms with Crippen LogP contribution in [0, 0.1) is 0 Å². The van der Waals surface area contributed by atoms with Crippen molar-refractivity contribution in [3.05, 3.63) is 103 Å². The highest BCUT2D eigenvalue weighted by atomic mass is 127. The van der Waals surface area contributed by atoms with Crippen molar-refractivity contribution in [3.63, 3.8) is 0 Å². The topological polar surface area (TPSA) is 9.86 Å². The molecule has 2 nitrogen and oxygen atoms in total. The van der Waals surface area contributed by atoms with E-state index in [1.165, 1.54) is 60.1 Å². The van der Waals surface area contributed by atoms with Gasteiger partial charge >= 0.3 is 0 Å². The largest absolute Gasteiger partial charge is 0.307 e. The summed E-state index contributed by atoms with van der Waals surface area (Å²) in [6.07, 6.45) is 0. The van der Waals surface area contributed by atoms with E-state index < -0.39 is 0 Å². The second-order valence-corrected chi connectivity index (χ2v) is 8.94. The van der Waals surface area contributed by atoms with Crippen LogP contribution in [0.2, 0.25) is 0 Å². The highest BCUT2D eigenvalue weighted by Crippen LogP contribution is 2.46. The fraction of sp³-hybridized carbons (Fsp3) is 0. The van der Waals surface area contributed by atoms with E-state index in [1.807, 2.05) is 0 Å². The molecule has 31 heavy (non-hydrogen) atoms. The first-order chi connectivity index (χ1) is 15.3. The number of halogens is 1. The summed E-state index contributed by atoms with van der Waals surface area (Å²) in [5.41, 5.74) is 6.22. The van der Waals surface area contributed by atoms with Crippen LogP contribution >= 0.6 is 22.9 Å². The molecule has 0 bridgehead atoms. The quantitative estimate of drug-likeness (QED) is 0.198. The van der Waals surface area contributed by atoms with Gasteiger partial charge in [-0.25, -0.2) is 0 Å². The highest BCUT2D eigenvalue weighted by molar-refractivity contribution is 14.1. The SMILES string of the molecule is In1c2ccccc2c2c3ccccc3c3c4ccccc4n(-c4ccccc4)c3c21. The van der Waals surface area contributed by atoms with Gasteiger partial charge in [-0.2, -0.15) is 0 Å². The van der Waals surface area contributed by atoms with Crippen molar-refractivity contribution in [1.29, 1.82) is 0 Å². The first-order valence-corrected chi connectivity index (χ1v) is 11.4. The Labute approximate surface area is 192 Å². The minimum Gasteiger partial charge on any atom is -0.307 e. The number of benzene rings is 5. The van der Waals surface area contributed by atoms with E-state index in [1.54, 1.807) is 0 Å². The van der Waals surface area contributed by atoms with Crippen LogP contribution in [0.25, 0.3) is 60.1 Å². The molecule has 0 spiro atoms. The summed E-state index contributed by atoms with van der Waals surface area (Å²) >= 11 is 2.48. The normalized spacial score (nSPS) is 12.0. The lowest BCUT2D eigenvalue weighted by Gasteiger charge is -2.11. The Hall–Kier alpha value is -3.31. The number of nitrogens with zero attached hydrogens (tertiary/aromatic N) is 2. The Bertz CT molecular complexity index is 1790. The molecule has 0 unspecified atom stereocenters. The fourth-order valence-electron chi connectivity index (χ4n) is 5.19. The maximum absolute atomic E-state index is 2.48. The summed E-state index contributed by atoms with van der Waals surface area (Å²) in [6.45, 7) is 0. The van der Waals surface area contributed by atoms with E-state index in [0.717, 1.165) is 0 Å². The van der Waals surface area contributed by atoms with Crippen molar-refractivity contribution in [3.8, 4) is 5.69 Å². The molecule has 2 heterocycles. The molecule has 0 aliphatic rings. The zero-order chi connectivity index (χ0) is 20.5.